The highest BCUT2D eigenvalue weighted by molar-refractivity contribution is 9.10. The molecule has 3 aromatic rings. The van der Waals surface area contributed by atoms with Gasteiger partial charge < -0.3 is 14.8 Å². The lowest BCUT2D eigenvalue weighted by molar-refractivity contribution is -0.117. The summed E-state index contributed by atoms with van der Waals surface area (Å²) in [5, 5.41) is 7.08. The Morgan fingerprint density at radius 2 is 1.79 bits per heavy atom. The second kappa shape index (κ2) is 7.85. The standard InChI is InChI=1S/C20H16BrN3O4/c21-14-10-17-18(28-9-8-27-17)11-16(14)22-19(25)12-24-20(26)7-6-15(23-24)13-4-2-1-3-5-13/h1-7,10-11H,8-9,12H2,(H,22,25). The second-order valence-corrected chi connectivity index (χ2v) is 6.96. The van der Waals surface area contributed by atoms with Crippen molar-refractivity contribution in [3.63, 3.8) is 0 Å². The van der Waals surface area contributed by atoms with Crippen LogP contribution in [0, 0.1) is 0 Å². The van der Waals surface area contributed by atoms with Gasteiger partial charge in [-0.25, -0.2) is 4.68 Å². The molecule has 0 saturated heterocycles. The Morgan fingerprint density at radius 1 is 1.07 bits per heavy atom. The number of carbonyl (C=O) groups is 1. The molecule has 142 valence electrons. The molecule has 0 bridgehead atoms. The minimum atomic E-state index is -0.378. The zero-order valence-corrected chi connectivity index (χ0v) is 16.3. The first-order valence-electron chi connectivity index (χ1n) is 8.63. The molecule has 0 atom stereocenters. The molecule has 0 aliphatic carbocycles. The normalized spacial score (nSPS) is 12.5. The third-order valence-corrected chi connectivity index (χ3v) is 4.79. The summed E-state index contributed by atoms with van der Waals surface area (Å²) in [7, 11) is 0. The maximum Gasteiger partial charge on any atom is 0.267 e. The summed E-state index contributed by atoms with van der Waals surface area (Å²) >= 11 is 3.41. The summed E-state index contributed by atoms with van der Waals surface area (Å²) in [5.74, 6) is 0.799. The fraction of sp³-hybridized carbons (Fsp3) is 0.150. The highest BCUT2D eigenvalue weighted by atomic mass is 79.9. The summed E-state index contributed by atoms with van der Waals surface area (Å²) in [5.41, 5.74) is 1.66. The highest BCUT2D eigenvalue weighted by Crippen LogP contribution is 2.38. The van der Waals surface area contributed by atoms with Crippen LogP contribution < -0.4 is 20.3 Å². The first kappa shape index (κ1) is 18.2. The molecule has 1 aromatic heterocycles. The first-order valence-corrected chi connectivity index (χ1v) is 9.42. The fourth-order valence-corrected chi connectivity index (χ4v) is 3.23. The van der Waals surface area contributed by atoms with E-state index in [0.29, 0.717) is 40.6 Å². The highest BCUT2D eigenvalue weighted by Gasteiger charge is 2.17. The largest absolute Gasteiger partial charge is 0.486 e. The van der Waals surface area contributed by atoms with Crippen LogP contribution in [0.1, 0.15) is 0 Å². The molecule has 7 nitrogen and oxygen atoms in total. The van der Waals surface area contributed by atoms with Crippen LogP contribution in [0.4, 0.5) is 5.69 Å². The minimum Gasteiger partial charge on any atom is -0.486 e. The smallest absolute Gasteiger partial charge is 0.267 e. The van der Waals surface area contributed by atoms with E-state index in [1.807, 2.05) is 30.3 Å². The van der Waals surface area contributed by atoms with E-state index in [-0.39, 0.29) is 18.0 Å². The Balaban J connectivity index is 1.54. The number of hydrogen-bond donors (Lipinski definition) is 1. The molecule has 0 radical (unpaired) electrons. The van der Waals surface area contributed by atoms with Gasteiger partial charge in [-0.15, -0.1) is 0 Å². The maximum atomic E-state index is 12.5. The van der Waals surface area contributed by atoms with E-state index < -0.39 is 0 Å². The summed E-state index contributed by atoms with van der Waals surface area (Å²) in [6, 6.07) is 15.9. The van der Waals surface area contributed by atoms with E-state index in [0.717, 1.165) is 10.2 Å². The number of aromatic nitrogens is 2. The van der Waals surface area contributed by atoms with Crippen LogP contribution >= 0.6 is 15.9 Å². The molecule has 8 heteroatoms. The van der Waals surface area contributed by atoms with Crippen LogP contribution in [0.25, 0.3) is 11.3 Å². The second-order valence-electron chi connectivity index (χ2n) is 6.10. The zero-order valence-electron chi connectivity index (χ0n) is 14.7. The molecule has 4 rings (SSSR count). The van der Waals surface area contributed by atoms with Crippen molar-refractivity contribution >= 4 is 27.5 Å². The number of halogens is 1. The monoisotopic (exact) mass is 441 g/mol. The average Bonchev–Trinajstić information content (AvgIpc) is 2.71. The van der Waals surface area contributed by atoms with Gasteiger partial charge >= 0.3 is 0 Å². The first-order chi connectivity index (χ1) is 13.6. The Kier molecular flexibility index (Phi) is 5.12. The number of benzene rings is 2. The van der Waals surface area contributed by atoms with Gasteiger partial charge in [0, 0.05) is 28.2 Å². The summed E-state index contributed by atoms with van der Waals surface area (Å²) < 4.78 is 12.8. The van der Waals surface area contributed by atoms with Crippen LogP contribution in [0.5, 0.6) is 11.5 Å². The van der Waals surface area contributed by atoms with Crippen molar-refractivity contribution in [2.75, 3.05) is 18.5 Å². The van der Waals surface area contributed by atoms with Crippen molar-refractivity contribution < 1.29 is 14.3 Å². The lowest BCUT2D eigenvalue weighted by Gasteiger charge is -2.20. The third-order valence-electron chi connectivity index (χ3n) is 4.14. The summed E-state index contributed by atoms with van der Waals surface area (Å²) in [6.45, 7) is 0.728. The predicted octanol–water partition coefficient (Wildman–Crippen LogP) is 3.08. The number of carbonyl (C=O) groups excluding carboxylic acids is 1. The summed E-state index contributed by atoms with van der Waals surface area (Å²) in [4.78, 5) is 24.6. The minimum absolute atomic E-state index is 0.208. The molecule has 1 amide bonds. The molecule has 0 fully saturated rings. The van der Waals surface area contributed by atoms with Crippen LogP contribution in [0.15, 0.2) is 63.9 Å². The molecular weight excluding hydrogens is 426 g/mol. The molecule has 28 heavy (non-hydrogen) atoms. The van der Waals surface area contributed by atoms with Crippen LogP contribution in [-0.2, 0) is 11.3 Å². The van der Waals surface area contributed by atoms with Crippen molar-refractivity contribution in [3.8, 4) is 22.8 Å². The van der Waals surface area contributed by atoms with E-state index in [1.165, 1.54) is 6.07 Å². The molecule has 1 aliphatic heterocycles. The molecule has 0 unspecified atom stereocenters. The Labute approximate surface area is 169 Å². The number of nitrogens with one attached hydrogen (secondary N) is 1. The number of fused-ring (bicyclic) bond motifs is 1. The van der Waals surface area contributed by atoms with Gasteiger partial charge in [0.05, 0.1) is 11.4 Å². The van der Waals surface area contributed by atoms with E-state index in [4.69, 9.17) is 9.47 Å². The number of rotatable bonds is 4. The van der Waals surface area contributed by atoms with Crippen LogP contribution in [0.2, 0.25) is 0 Å². The third kappa shape index (κ3) is 3.91. The SMILES string of the molecule is O=C(Cn1nc(-c2ccccc2)ccc1=O)Nc1cc2c(cc1Br)OCCO2. The molecule has 1 aliphatic rings. The van der Waals surface area contributed by atoms with Crippen molar-refractivity contribution in [1.82, 2.24) is 9.78 Å². The van der Waals surface area contributed by atoms with E-state index in [9.17, 15) is 9.59 Å². The predicted molar refractivity (Wildman–Crippen MR) is 108 cm³/mol. The van der Waals surface area contributed by atoms with Gasteiger partial charge in [0.15, 0.2) is 11.5 Å². The molecule has 2 aromatic carbocycles. The van der Waals surface area contributed by atoms with Crippen molar-refractivity contribution in [3.05, 3.63) is 69.4 Å². The molecule has 0 spiro atoms. The van der Waals surface area contributed by atoms with Crippen LogP contribution in [-0.4, -0.2) is 28.9 Å². The Bertz CT molecular complexity index is 1080. The number of nitrogens with zero attached hydrogens (tertiary/aromatic N) is 2. The molecule has 0 saturated carbocycles. The summed E-state index contributed by atoms with van der Waals surface area (Å²) in [6.07, 6.45) is 0. The van der Waals surface area contributed by atoms with Gasteiger partial charge in [-0.1, -0.05) is 30.3 Å². The number of anilines is 1. The van der Waals surface area contributed by atoms with Gasteiger partial charge in [-0.2, -0.15) is 5.10 Å². The average molecular weight is 442 g/mol. The maximum absolute atomic E-state index is 12.5. The number of hydrogen-bond acceptors (Lipinski definition) is 5. The lowest BCUT2D eigenvalue weighted by atomic mass is 10.1. The van der Waals surface area contributed by atoms with E-state index in [2.05, 4.69) is 26.3 Å². The van der Waals surface area contributed by atoms with Gasteiger partial charge in [0.1, 0.15) is 19.8 Å². The van der Waals surface area contributed by atoms with Gasteiger partial charge in [-0.05, 0) is 22.0 Å². The van der Waals surface area contributed by atoms with E-state index >= 15 is 0 Å². The zero-order chi connectivity index (χ0) is 19.5. The molecule has 2 heterocycles. The number of ether oxygens (including phenoxy) is 2. The van der Waals surface area contributed by atoms with Crippen molar-refractivity contribution in [2.24, 2.45) is 0 Å². The number of amides is 1. The topological polar surface area (TPSA) is 82.5 Å². The van der Waals surface area contributed by atoms with Crippen molar-refractivity contribution in [2.45, 2.75) is 6.54 Å². The van der Waals surface area contributed by atoms with Crippen LogP contribution in [0.3, 0.4) is 0 Å². The molecular formula is C20H16BrN3O4. The van der Waals surface area contributed by atoms with Gasteiger partial charge in [0.25, 0.3) is 5.56 Å². The Morgan fingerprint density at radius 3 is 2.54 bits per heavy atom. The Hall–Kier alpha value is -3.13. The quantitative estimate of drug-likeness (QED) is 0.672. The van der Waals surface area contributed by atoms with Crippen molar-refractivity contribution in [1.29, 1.82) is 0 Å². The van der Waals surface area contributed by atoms with E-state index in [1.54, 1.807) is 18.2 Å². The van der Waals surface area contributed by atoms with Gasteiger partial charge in [-0.3, -0.25) is 9.59 Å². The fourth-order valence-electron chi connectivity index (χ4n) is 2.81. The molecule has 1 N–H and O–H groups in total. The van der Waals surface area contributed by atoms with Gasteiger partial charge in [0.2, 0.25) is 5.91 Å². The lowest BCUT2D eigenvalue weighted by Crippen LogP contribution is -2.29.